The summed E-state index contributed by atoms with van der Waals surface area (Å²) < 4.78 is 7.30. The van der Waals surface area contributed by atoms with Crippen LogP contribution in [-0.4, -0.2) is 55.8 Å². The van der Waals surface area contributed by atoms with Gasteiger partial charge in [0.1, 0.15) is 11.6 Å². The van der Waals surface area contributed by atoms with Crippen molar-refractivity contribution < 1.29 is 4.52 Å². The first-order valence-electron chi connectivity index (χ1n) is 8.64. The lowest BCUT2D eigenvalue weighted by molar-refractivity contribution is 0.195. The first-order chi connectivity index (χ1) is 12.1. The SMILES string of the molecule is CCc1nnc2c(N3CC(N(C)Cc4c(C)noc4C)C3)nccn12. The lowest BCUT2D eigenvalue weighted by Crippen LogP contribution is -2.58. The Morgan fingerprint density at radius 2 is 2.08 bits per heavy atom. The van der Waals surface area contributed by atoms with E-state index in [0.29, 0.717) is 6.04 Å². The molecule has 4 rings (SSSR count). The van der Waals surface area contributed by atoms with Crippen molar-refractivity contribution >= 4 is 11.5 Å². The highest BCUT2D eigenvalue weighted by molar-refractivity contribution is 5.65. The van der Waals surface area contributed by atoms with Crippen molar-refractivity contribution in [2.75, 3.05) is 25.0 Å². The van der Waals surface area contributed by atoms with Gasteiger partial charge in [-0.1, -0.05) is 12.1 Å². The molecule has 0 bridgehead atoms. The summed E-state index contributed by atoms with van der Waals surface area (Å²) in [6, 6.07) is 0.476. The largest absolute Gasteiger partial charge is 0.361 e. The maximum absolute atomic E-state index is 5.26. The highest BCUT2D eigenvalue weighted by Crippen LogP contribution is 2.26. The molecular weight excluding hydrogens is 318 g/mol. The molecule has 25 heavy (non-hydrogen) atoms. The molecule has 1 fully saturated rings. The topological polar surface area (TPSA) is 75.6 Å². The fourth-order valence-electron chi connectivity index (χ4n) is 3.34. The minimum atomic E-state index is 0.476. The number of nitrogens with zero attached hydrogens (tertiary/aromatic N) is 7. The summed E-state index contributed by atoms with van der Waals surface area (Å²) >= 11 is 0. The molecule has 0 radical (unpaired) electrons. The predicted molar refractivity (Wildman–Crippen MR) is 93.6 cm³/mol. The first kappa shape index (κ1) is 16.0. The molecule has 0 aliphatic carbocycles. The molecular formula is C17H23N7O. The van der Waals surface area contributed by atoms with Crippen molar-refractivity contribution in [2.45, 2.75) is 39.8 Å². The summed E-state index contributed by atoms with van der Waals surface area (Å²) in [5.41, 5.74) is 3.00. The number of aryl methyl sites for hydroxylation is 3. The van der Waals surface area contributed by atoms with Crippen LogP contribution >= 0.6 is 0 Å². The Bertz CT molecular complexity index is 874. The Morgan fingerprint density at radius 1 is 1.28 bits per heavy atom. The smallest absolute Gasteiger partial charge is 0.203 e. The van der Waals surface area contributed by atoms with Gasteiger partial charge in [0.05, 0.1) is 5.69 Å². The Balaban J connectivity index is 1.46. The highest BCUT2D eigenvalue weighted by atomic mass is 16.5. The quantitative estimate of drug-likeness (QED) is 0.698. The third-order valence-corrected chi connectivity index (χ3v) is 5.07. The van der Waals surface area contributed by atoms with Crippen molar-refractivity contribution in [3.63, 3.8) is 0 Å². The average molecular weight is 341 g/mol. The third-order valence-electron chi connectivity index (χ3n) is 5.07. The van der Waals surface area contributed by atoms with Crippen LogP contribution < -0.4 is 4.90 Å². The van der Waals surface area contributed by atoms with Crippen LogP contribution in [0.3, 0.4) is 0 Å². The van der Waals surface area contributed by atoms with E-state index in [1.54, 1.807) is 0 Å². The molecule has 8 nitrogen and oxygen atoms in total. The van der Waals surface area contributed by atoms with Gasteiger partial charge < -0.3 is 9.42 Å². The number of rotatable bonds is 5. The number of anilines is 1. The van der Waals surface area contributed by atoms with Crippen LogP contribution in [0.5, 0.6) is 0 Å². The van der Waals surface area contributed by atoms with Gasteiger partial charge in [-0.25, -0.2) is 4.98 Å². The van der Waals surface area contributed by atoms with Crippen molar-refractivity contribution in [3.8, 4) is 0 Å². The fraction of sp³-hybridized carbons (Fsp3) is 0.529. The average Bonchev–Trinajstić information content (AvgIpc) is 3.12. The summed E-state index contributed by atoms with van der Waals surface area (Å²) in [5.74, 6) is 2.78. The molecule has 4 heterocycles. The zero-order valence-corrected chi connectivity index (χ0v) is 15.1. The molecule has 3 aromatic rings. The fourth-order valence-corrected chi connectivity index (χ4v) is 3.34. The summed E-state index contributed by atoms with van der Waals surface area (Å²) in [6.45, 7) is 8.76. The molecule has 0 unspecified atom stereocenters. The van der Waals surface area contributed by atoms with Gasteiger partial charge in [0.15, 0.2) is 5.82 Å². The van der Waals surface area contributed by atoms with Gasteiger partial charge in [-0.05, 0) is 20.9 Å². The Kier molecular flexibility index (Phi) is 3.91. The third kappa shape index (κ3) is 2.66. The van der Waals surface area contributed by atoms with E-state index in [-0.39, 0.29) is 0 Å². The molecule has 0 spiro atoms. The number of hydrogen-bond donors (Lipinski definition) is 0. The van der Waals surface area contributed by atoms with Gasteiger partial charge in [0.2, 0.25) is 5.65 Å². The van der Waals surface area contributed by atoms with Crippen LogP contribution in [0.4, 0.5) is 5.82 Å². The maximum atomic E-state index is 5.26. The maximum Gasteiger partial charge on any atom is 0.203 e. The Morgan fingerprint density at radius 3 is 2.76 bits per heavy atom. The summed E-state index contributed by atoms with van der Waals surface area (Å²) in [6.07, 6.45) is 4.61. The summed E-state index contributed by atoms with van der Waals surface area (Å²) in [7, 11) is 2.15. The van der Waals surface area contributed by atoms with Crippen molar-refractivity contribution in [3.05, 3.63) is 35.2 Å². The van der Waals surface area contributed by atoms with Gasteiger partial charge >= 0.3 is 0 Å². The molecule has 1 aliphatic rings. The zero-order chi connectivity index (χ0) is 17.6. The molecule has 0 atom stereocenters. The van der Waals surface area contributed by atoms with E-state index in [4.69, 9.17) is 4.52 Å². The van der Waals surface area contributed by atoms with Crippen molar-refractivity contribution in [2.24, 2.45) is 0 Å². The van der Waals surface area contributed by atoms with Crippen LogP contribution in [0.2, 0.25) is 0 Å². The molecule has 0 amide bonds. The number of aromatic nitrogens is 5. The van der Waals surface area contributed by atoms with Crippen LogP contribution in [0.15, 0.2) is 16.9 Å². The molecule has 3 aromatic heterocycles. The van der Waals surface area contributed by atoms with Crippen LogP contribution in [0.1, 0.15) is 29.8 Å². The first-order valence-corrected chi connectivity index (χ1v) is 8.64. The van der Waals surface area contributed by atoms with Gasteiger partial charge in [-0.2, -0.15) is 0 Å². The van der Waals surface area contributed by atoms with Gasteiger partial charge in [0, 0.05) is 50.1 Å². The molecule has 0 N–H and O–H groups in total. The van der Waals surface area contributed by atoms with Gasteiger partial charge in [-0.15, -0.1) is 10.2 Å². The molecule has 132 valence electrons. The minimum Gasteiger partial charge on any atom is -0.361 e. The van der Waals surface area contributed by atoms with Gasteiger partial charge in [0.25, 0.3) is 0 Å². The van der Waals surface area contributed by atoms with Crippen molar-refractivity contribution in [1.82, 2.24) is 29.6 Å². The second-order valence-corrected chi connectivity index (χ2v) is 6.69. The van der Waals surface area contributed by atoms with Crippen LogP contribution in [0, 0.1) is 13.8 Å². The summed E-state index contributed by atoms with van der Waals surface area (Å²) in [5, 5.41) is 12.6. The number of fused-ring (bicyclic) bond motifs is 1. The molecule has 0 aromatic carbocycles. The number of hydrogen-bond acceptors (Lipinski definition) is 7. The molecule has 1 saturated heterocycles. The normalized spacial score (nSPS) is 15.3. The van der Waals surface area contributed by atoms with E-state index >= 15 is 0 Å². The highest BCUT2D eigenvalue weighted by Gasteiger charge is 2.33. The second kappa shape index (κ2) is 6.11. The lowest BCUT2D eigenvalue weighted by atomic mass is 10.1. The lowest BCUT2D eigenvalue weighted by Gasteiger charge is -2.44. The van der Waals surface area contributed by atoms with Crippen molar-refractivity contribution in [1.29, 1.82) is 0 Å². The van der Waals surface area contributed by atoms with Gasteiger partial charge in [-0.3, -0.25) is 9.30 Å². The van der Waals surface area contributed by atoms with E-state index in [1.165, 1.54) is 5.56 Å². The number of likely N-dealkylation sites (N-methyl/N-ethyl adjacent to an activating group) is 1. The molecule has 8 heteroatoms. The predicted octanol–water partition coefficient (Wildman–Crippen LogP) is 1.61. The Labute approximate surface area is 146 Å². The van der Waals surface area contributed by atoms with E-state index in [0.717, 1.165) is 54.8 Å². The minimum absolute atomic E-state index is 0.476. The second-order valence-electron chi connectivity index (χ2n) is 6.69. The van der Waals surface area contributed by atoms with Crippen LogP contribution in [0.25, 0.3) is 5.65 Å². The molecule has 0 saturated carbocycles. The zero-order valence-electron chi connectivity index (χ0n) is 15.1. The van der Waals surface area contributed by atoms with E-state index in [9.17, 15) is 0 Å². The summed E-state index contributed by atoms with van der Waals surface area (Å²) in [4.78, 5) is 9.15. The van der Waals surface area contributed by atoms with Crippen LogP contribution in [-0.2, 0) is 13.0 Å². The Hall–Kier alpha value is -2.48. The van der Waals surface area contributed by atoms with E-state index in [2.05, 4.69) is 44.1 Å². The standard InChI is InChI=1S/C17H23N7O/c1-5-15-19-20-17-16(18-6-7-24(15)17)23-8-13(9-23)22(4)10-14-11(2)21-25-12(14)3/h6-7,13H,5,8-10H2,1-4H3. The van der Waals surface area contributed by atoms with E-state index < -0.39 is 0 Å². The monoisotopic (exact) mass is 341 g/mol. The van der Waals surface area contributed by atoms with E-state index in [1.807, 2.05) is 30.6 Å². The molecule has 1 aliphatic heterocycles.